The molecule has 2 atom stereocenters. The van der Waals surface area contributed by atoms with Gasteiger partial charge in [-0.2, -0.15) is 0 Å². The van der Waals surface area contributed by atoms with Crippen LogP contribution in [-0.4, -0.2) is 47.4 Å². The lowest BCUT2D eigenvalue weighted by atomic mass is 10.1. The molecule has 0 aromatic heterocycles. The van der Waals surface area contributed by atoms with Crippen molar-refractivity contribution in [3.8, 4) is 0 Å². The van der Waals surface area contributed by atoms with Crippen LogP contribution in [0.5, 0.6) is 0 Å². The minimum Gasteiger partial charge on any atom is -0.466 e. The summed E-state index contributed by atoms with van der Waals surface area (Å²) < 4.78 is 5.44. The standard InChI is InChI=1S/C47H89NO5/c1-3-5-7-9-11-13-15-16-17-18-19-20-21-25-29-33-37-41-47(52)53-42-38-34-30-26-22-24-28-32-36-40-46(51)48-44(43-49)45(50)39-35-31-27-23-14-12-10-8-6-4-2/h16-17,35,39,44-45,49-50H,3-15,18-34,36-38,40-43H2,1-2H3,(H,48,51)/b17-16-,39-35+. The van der Waals surface area contributed by atoms with E-state index >= 15 is 0 Å². The lowest BCUT2D eigenvalue weighted by Crippen LogP contribution is -2.45. The zero-order valence-corrected chi connectivity index (χ0v) is 35.2. The molecule has 0 fully saturated rings. The molecule has 6 heteroatoms. The van der Waals surface area contributed by atoms with Crippen LogP contribution in [0.4, 0.5) is 0 Å². The van der Waals surface area contributed by atoms with Crippen LogP contribution in [0, 0.1) is 0 Å². The van der Waals surface area contributed by atoms with E-state index in [1.54, 1.807) is 6.08 Å². The fourth-order valence-electron chi connectivity index (χ4n) is 6.86. The number of amides is 1. The topological polar surface area (TPSA) is 95.9 Å². The Hall–Kier alpha value is -1.66. The summed E-state index contributed by atoms with van der Waals surface area (Å²) in [7, 11) is 0. The van der Waals surface area contributed by atoms with Crippen molar-refractivity contribution in [2.24, 2.45) is 0 Å². The zero-order valence-electron chi connectivity index (χ0n) is 35.2. The number of aliphatic hydroxyl groups is 2. The second kappa shape index (κ2) is 43.1. The molecule has 0 aliphatic rings. The van der Waals surface area contributed by atoms with Crippen LogP contribution >= 0.6 is 0 Å². The molecule has 3 N–H and O–H groups in total. The first-order chi connectivity index (χ1) is 26.0. The smallest absolute Gasteiger partial charge is 0.305 e. The quantitative estimate of drug-likeness (QED) is 0.0328. The normalized spacial score (nSPS) is 12.9. The lowest BCUT2D eigenvalue weighted by molar-refractivity contribution is -0.143. The Balaban J connectivity index is 3.50. The number of allylic oxidation sites excluding steroid dienone is 3. The molecule has 312 valence electrons. The number of carbonyl (C=O) groups excluding carboxylic acids is 2. The maximum atomic E-state index is 12.3. The first-order valence-corrected chi connectivity index (χ1v) is 23.1. The van der Waals surface area contributed by atoms with Crippen molar-refractivity contribution in [1.29, 1.82) is 0 Å². The Morgan fingerprint density at radius 1 is 0.509 bits per heavy atom. The second-order valence-electron chi connectivity index (χ2n) is 15.7. The van der Waals surface area contributed by atoms with E-state index in [1.165, 1.54) is 154 Å². The summed E-state index contributed by atoms with van der Waals surface area (Å²) in [6, 6.07) is -0.646. The maximum absolute atomic E-state index is 12.3. The van der Waals surface area contributed by atoms with Crippen LogP contribution in [0.15, 0.2) is 24.3 Å². The lowest BCUT2D eigenvalue weighted by Gasteiger charge is -2.20. The summed E-state index contributed by atoms with van der Waals surface area (Å²) in [5.74, 6) is -0.130. The van der Waals surface area contributed by atoms with Gasteiger partial charge in [0.2, 0.25) is 5.91 Å². The number of carbonyl (C=O) groups is 2. The predicted octanol–water partition coefficient (Wildman–Crippen LogP) is 13.2. The van der Waals surface area contributed by atoms with Crippen molar-refractivity contribution >= 4 is 11.9 Å². The van der Waals surface area contributed by atoms with Gasteiger partial charge in [-0.3, -0.25) is 9.59 Å². The molecule has 2 unspecified atom stereocenters. The van der Waals surface area contributed by atoms with Crippen LogP contribution in [0.3, 0.4) is 0 Å². The molecule has 1 amide bonds. The van der Waals surface area contributed by atoms with Gasteiger partial charge in [0.15, 0.2) is 0 Å². The average molecular weight is 748 g/mol. The molecule has 0 aliphatic carbocycles. The summed E-state index contributed by atoms with van der Waals surface area (Å²) in [6.07, 6.45) is 48.8. The van der Waals surface area contributed by atoms with E-state index in [1.807, 2.05) is 6.08 Å². The highest BCUT2D eigenvalue weighted by molar-refractivity contribution is 5.76. The third kappa shape index (κ3) is 39.8. The molecule has 0 saturated heterocycles. The van der Waals surface area contributed by atoms with Gasteiger partial charge in [0.1, 0.15) is 0 Å². The second-order valence-corrected chi connectivity index (χ2v) is 15.7. The number of ether oxygens (including phenoxy) is 1. The number of unbranched alkanes of at least 4 members (excludes halogenated alkanes) is 29. The number of rotatable bonds is 42. The van der Waals surface area contributed by atoms with E-state index in [4.69, 9.17) is 4.74 Å². The molecular weight excluding hydrogens is 659 g/mol. The van der Waals surface area contributed by atoms with Gasteiger partial charge in [0.25, 0.3) is 0 Å². The van der Waals surface area contributed by atoms with Crippen molar-refractivity contribution < 1.29 is 24.5 Å². The summed E-state index contributed by atoms with van der Waals surface area (Å²) >= 11 is 0. The van der Waals surface area contributed by atoms with Crippen LogP contribution in [0.1, 0.15) is 239 Å². The number of hydrogen-bond donors (Lipinski definition) is 3. The highest BCUT2D eigenvalue weighted by Gasteiger charge is 2.18. The molecule has 0 aromatic carbocycles. The largest absolute Gasteiger partial charge is 0.466 e. The maximum Gasteiger partial charge on any atom is 0.305 e. The summed E-state index contributed by atoms with van der Waals surface area (Å²) in [6.45, 7) is 4.80. The minimum atomic E-state index is -0.859. The molecule has 6 nitrogen and oxygen atoms in total. The Morgan fingerprint density at radius 2 is 0.887 bits per heavy atom. The van der Waals surface area contributed by atoms with E-state index in [9.17, 15) is 19.8 Å². The molecular formula is C47H89NO5. The van der Waals surface area contributed by atoms with Crippen LogP contribution in [0.25, 0.3) is 0 Å². The highest BCUT2D eigenvalue weighted by atomic mass is 16.5. The molecule has 0 aromatic rings. The van der Waals surface area contributed by atoms with Gasteiger partial charge in [-0.1, -0.05) is 192 Å². The van der Waals surface area contributed by atoms with E-state index < -0.39 is 12.1 Å². The third-order valence-electron chi connectivity index (χ3n) is 10.5. The Kier molecular flexibility index (Phi) is 41.7. The third-order valence-corrected chi connectivity index (χ3v) is 10.5. The molecule has 0 heterocycles. The first kappa shape index (κ1) is 51.3. The van der Waals surface area contributed by atoms with Gasteiger partial charge in [-0.15, -0.1) is 0 Å². The zero-order chi connectivity index (χ0) is 38.7. The van der Waals surface area contributed by atoms with E-state index in [0.717, 1.165) is 57.8 Å². The van der Waals surface area contributed by atoms with E-state index in [-0.39, 0.29) is 18.5 Å². The van der Waals surface area contributed by atoms with Gasteiger partial charge >= 0.3 is 5.97 Å². The van der Waals surface area contributed by atoms with Crippen LogP contribution < -0.4 is 5.32 Å². The highest BCUT2D eigenvalue weighted by Crippen LogP contribution is 2.14. The average Bonchev–Trinajstić information content (AvgIpc) is 3.16. The fraction of sp³-hybridized carbons (Fsp3) is 0.872. The van der Waals surface area contributed by atoms with Gasteiger partial charge in [-0.25, -0.2) is 0 Å². The van der Waals surface area contributed by atoms with Crippen LogP contribution in [-0.2, 0) is 14.3 Å². The van der Waals surface area contributed by atoms with Crippen molar-refractivity contribution in [3.05, 3.63) is 24.3 Å². The molecule has 0 spiro atoms. The Labute approximate surface area is 329 Å². The number of esters is 1. The number of aliphatic hydroxyl groups excluding tert-OH is 2. The van der Waals surface area contributed by atoms with Gasteiger partial charge in [0, 0.05) is 12.8 Å². The Bertz CT molecular complexity index is 828. The van der Waals surface area contributed by atoms with Crippen molar-refractivity contribution in [2.75, 3.05) is 13.2 Å². The van der Waals surface area contributed by atoms with Crippen molar-refractivity contribution in [2.45, 2.75) is 251 Å². The number of nitrogens with one attached hydrogen (secondary N) is 1. The summed E-state index contributed by atoms with van der Waals surface area (Å²) in [5.41, 5.74) is 0. The molecule has 0 bridgehead atoms. The minimum absolute atomic E-state index is 0.0318. The van der Waals surface area contributed by atoms with Gasteiger partial charge in [-0.05, 0) is 57.8 Å². The fourth-order valence-corrected chi connectivity index (χ4v) is 6.86. The van der Waals surface area contributed by atoms with Crippen LogP contribution in [0.2, 0.25) is 0 Å². The van der Waals surface area contributed by atoms with E-state index in [0.29, 0.717) is 19.4 Å². The predicted molar refractivity (Wildman–Crippen MR) is 227 cm³/mol. The molecule has 0 aliphatic heterocycles. The summed E-state index contributed by atoms with van der Waals surface area (Å²) in [4.78, 5) is 24.4. The van der Waals surface area contributed by atoms with Gasteiger partial charge < -0.3 is 20.3 Å². The van der Waals surface area contributed by atoms with E-state index in [2.05, 4.69) is 31.3 Å². The monoisotopic (exact) mass is 748 g/mol. The molecule has 0 radical (unpaired) electrons. The first-order valence-electron chi connectivity index (χ1n) is 23.1. The summed E-state index contributed by atoms with van der Waals surface area (Å²) in [5, 5.41) is 22.9. The number of hydrogen-bond acceptors (Lipinski definition) is 5. The van der Waals surface area contributed by atoms with Crippen molar-refractivity contribution in [1.82, 2.24) is 5.32 Å². The van der Waals surface area contributed by atoms with Gasteiger partial charge in [0.05, 0.1) is 25.4 Å². The van der Waals surface area contributed by atoms with Crippen molar-refractivity contribution in [3.63, 3.8) is 0 Å². The molecule has 53 heavy (non-hydrogen) atoms. The Morgan fingerprint density at radius 3 is 1.34 bits per heavy atom. The molecule has 0 saturated carbocycles. The molecule has 0 rings (SSSR count). The SMILES string of the molecule is CCCCCCCC/C=C\CCCCCCCCCC(=O)OCCCCCCCCCCCC(=O)NC(CO)C(O)/C=C/CCCCCCCCCC.